The predicted molar refractivity (Wildman–Crippen MR) is 61.0 cm³/mol. The molecule has 0 fully saturated rings. The van der Waals surface area contributed by atoms with E-state index in [1.54, 1.807) is 6.08 Å². The first-order valence-electron chi connectivity index (χ1n) is 5.55. The normalized spacial score (nSPS) is 13.3. The van der Waals surface area contributed by atoms with Gasteiger partial charge in [-0.1, -0.05) is 25.8 Å². The smallest absolute Gasteiger partial charge is 0.334 e. The van der Waals surface area contributed by atoms with Crippen LogP contribution in [0.3, 0.4) is 0 Å². The number of ether oxygens (including phenoxy) is 1. The summed E-state index contributed by atoms with van der Waals surface area (Å²) in [5.74, 6) is -2.37. The minimum Gasteiger partial charge on any atom is -0.481 e. The first-order valence-corrected chi connectivity index (χ1v) is 5.55. The Morgan fingerprint density at radius 3 is 2.44 bits per heavy atom. The summed E-state index contributed by atoms with van der Waals surface area (Å²) in [6.45, 7) is 3.58. The topological polar surface area (TPSA) is 63.6 Å². The second-order valence-corrected chi connectivity index (χ2v) is 3.71. The monoisotopic (exact) mass is 228 g/mol. The summed E-state index contributed by atoms with van der Waals surface area (Å²) in [6.07, 6.45) is 5.53. The maximum atomic E-state index is 11.4. The number of carbonyl (C=O) groups excluding carboxylic acids is 1. The maximum absolute atomic E-state index is 11.4. The molecule has 1 N–H and O–H groups in total. The highest BCUT2D eigenvalue weighted by Gasteiger charge is 2.22. The van der Waals surface area contributed by atoms with Crippen LogP contribution in [0.1, 0.15) is 39.5 Å². The van der Waals surface area contributed by atoms with Crippen molar-refractivity contribution in [3.63, 3.8) is 0 Å². The molecule has 0 aliphatic heterocycles. The molecule has 92 valence electrons. The fraction of sp³-hybridized carbons (Fsp3) is 0.667. The molecule has 1 unspecified atom stereocenters. The van der Waals surface area contributed by atoms with E-state index in [9.17, 15) is 9.59 Å². The maximum Gasteiger partial charge on any atom is 0.334 e. The van der Waals surface area contributed by atoms with Gasteiger partial charge in [0, 0.05) is 5.57 Å². The minimum absolute atomic E-state index is 0.242. The number of aliphatic carboxylic acids is 1. The first kappa shape index (κ1) is 14.7. The third-order valence-electron chi connectivity index (χ3n) is 2.43. The Balaban J connectivity index is 4.54. The minimum atomic E-state index is -1.01. The van der Waals surface area contributed by atoms with Crippen molar-refractivity contribution in [1.29, 1.82) is 0 Å². The van der Waals surface area contributed by atoms with Gasteiger partial charge in [-0.25, -0.2) is 4.79 Å². The van der Waals surface area contributed by atoms with Gasteiger partial charge in [-0.05, 0) is 19.8 Å². The quantitative estimate of drug-likeness (QED) is 0.413. The Bertz CT molecular complexity index is 268. The second kappa shape index (κ2) is 7.91. The van der Waals surface area contributed by atoms with E-state index in [0.29, 0.717) is 0 Å². The highest BCUT2D eigenvalue weighted by atomic mass is 16.5. The zero-order valence-corrected chi connectivity index (χ0v) is 10.2. The molecule has 0 aromatic carbocycles. The first-order chi connectivity index (χ1) is 7.54. The Kier molecular flexibility index (Phi) is 7.25. The van der Waals surface area contributed by atoms with Crippen LogP contribution in [0.15, 0.2) is 11.6 Å². The number of hydrogen-bond acceptors (Lipinski definition) is 3. The number of carboxylic acids is 1. The van der Waals surface area contributed by atoms with Crippen LogP contribution < -0.4 is 0 Å². The van der Waals surface area contributed by atoms with Gasteiger partial charge in [0.25, 0.3) is 0 Å². The van der Waals surface area contributed by atoms with Crippen LogP contribution in [0.25, 0.3) is 0 Å². The van der Waals surface area contributed by atoms with Crippen LogP contribution in [0.4, 0.5) is 0 Å². The molecule has 16 heavy (non-hydrogen) atoms. The van der Waals surface area contributed by atoms with Crippen molar-refractivity contribution in [2.45, 2.75) is 39.5 Å². The number of carbonyl (C=O) groups is 2. The molecular weight excluding hydrogens is 208 g/mol. The van der Waals surface area contributed by atoms with Gasteiger partial charge in [-0.2, -0.15) is 0 Å². The molecule has 4 nitrogen and oxygen atoms in total. The number of esters is 1. The summed E-state index contributed by atoms with van der Waals surface area (Å²) < 4.78 is 4.57. The molecular formula is C12H20O4. The molecule has 0 aromatic rings. The highest BCUT2D eigenvalue weighted by Crippen LogP contribution is 2.15. The van der Waals surface area contributed by atoms with E-state index >= 15 is 0 Å². The van der Waals surface area contributed by atoms with Crippen molar-refractivity contribution in [2.75, 3.05) is 7.11 Å². The lowest BCUT2D eigenvalue weighted by molar-refractivity contribution is -0.144. The summed E-state index contributed by atoms with van der Waals surface area (Å²) in [5.41, 5.74) is 0.242. The SMILES string of the molecule is CCCCC/C=C(/C(=O)OC)C(C)C(=O)O. The van der Waals surface area contributed by atoms with Crippen molar-refractivity contribution in [2.24, 2.45) is 5.92 Å². The van der Waals surface area contributed by atoms with Crippen molar-refractivity contribution >= 4 is 11.9 Å². The van der Waals surface area contributed by atoms with Crippen LogP contribution >= 0.6 is 0 Å². The zero-order valence-electron chi connectivity index (χ0n) is 10.2. The molecule has 0 saturated heterocycles. The molecule has 4 heteroatoms. The van der Waals surface area contributed by atoms with Crippen LogP contribution in [0.5, 0.6) is 0 Å². The Hall–Kier alpha value is -1.32. The fourth-order valence-electron chi connectivity index (χ4n) is 1.34. The summed E-state index contributed by atoms with van der Waals surface area (Å²) in [4.78, 5) is 22.2. The van der Waals surface area contributed by atoms with E-state index in [2.05, 4.69) is 11.7 Å². The molecule has 0 bridgehead atoms. The Morgan fingerprint density at radius 2 is 2.00 bits per heavy atom. The van der Waals surface area contributed by atoms with E-state index in [0.717, 1.165) is 25.7 Å². The van der Waals surface area contributed by atoms with Gasteiger partial charge in [-0.3, -0.25) is 4.79 Å². The van der Waals surface area contributed by atoms with Crippen molar-refractivity contribution in [3.05, 3.63) is 11.6 Å². The van der Waals surface area contributed by atoms with E-state index in [1.807, 2.05) is 0 Å². The van der Waals surface area contributed by atoms with Gasteiger partial charge in [0.05, 0.1) is 13.0 Å². The van der Waals surface area contributed by atoms with Crippen LogP contribution in [-0.2, 0) is 14.3 Å². The van der Waals surface area contributed by atoms with E-state index in [4.69, 9.17) is 5.11 Å². The lowest BCUT2D eigenvalue weighted by atomic mass is 9.99. The number of hydrogen-bond donors (Lipinski definition) is 1. The fourth-order valence-corrected chi connectivity index (χ4v) is 1.34. The molecule has 1 atom stereocenters. The molecule has 0 amide bonds. The highest BCUT2D eigenvalue weighted by molar-refractivity contribution is 5.94. The van der Waals surface area contributed by atoms with Crippen molar-refractivity contribution in [1.82, 2.24) is 0 Å². The number of unbranched alkanes of at least 4 members (excludes halogenated alkanes) is 3. The molecule has 0 aromatic heterocycles. The molecule has 0 spiro atoms. The van der Waals surface area contributed by atoms with Crippen LogP contribution in [0.2, 0.25) is 0 Å². The number of rotatable bonds is 7. The standard InChI is InChI=1S/C12H20O4/c1-4-5-6-7-8-10(12(15)16-3)9(2)11(13)14/h8-9H,4-7H2,1-3H3,(H,13,14)/b10-8+. The van der Waals surface area contributed by atoms with Crippen LogP contribution in [-0.4, -0.2) is 24.2 Å². The van der Waals surface area contributed by atoms with Gasteiger partial charge in [0.2, 0.25) is 0 Å². The average Bonchev–Trinajstić information content (AvgIpc) is 2.27. The van der Waals surface area contributed by atoms with Crippen molar-refractivity contribution in [3.8, 4) is 0 Å². The molecule has 0 aliphatic carbocycles. The van der Waals surface area contributed by atoms with Gasteiger partial charge in [-0.15, -0.1) is 0 Å². The lowest BCUT2D eigenvalue weighted by Crippen LogP contribution is -2.19. The van der Waals surface area contributed by atoms with Crippen LogP contribution in [0, 0.1) is 5.92 Å². The van der Waals surface area contributed by atoms with Gasteiger partial charge in [0.1, 0.15) is 0 Å². The zero-order chi connectivity index (χ0) is 12.6. The largest absolute Gasteiger partial charge is 0.481 e. The number of allylic oxidation sites excluding steroid dienone is 1. The molecule has 0 heterocycles. The molecule has 0 aliphatic rings. The van der Waals surface area contributed by atoms with E-state index in [-0.39, 0.29) is 5.57 Å². The lowest BCUT2D eigenvalue weighted by Gasteiger charge is -2.09. The van der Waals surface area contributed by atoms with Gasteiger partial charge < -0.3 is 9.84 Å². The average molecular weight is 228 g/mol. The molecule has 0 rings (SSSR count). The second-order valence-electron chi connectivity index (χ2n) is 3.71. The third-order valence-corrected chi connectivity index (χ3v) is 2.43. The summed E-state index contributed by atoms with van der Waals surface area (Å²) in [7, 11) is 1.26. The molecule has 0 radical (unpaired) electrons. The summed E-state index contributed by atoms with van der Waals surface area (Å²) in [6, 6.07) is 0. The van der Waals surface area contributed by atoms with E-state index < -0.39 is 17.9 Å². The predicted octanol–water partition coefficient (Wildman–Crippen LogP) is 2.39. The van der Waals surface area contributed by atoms with Crippen molar-refractivity contribution < 1.29 is 19.4 Å². The molecule has 0 saturated carbocycles. The van der Waals surface area contributed by atoms with Gasteiger partial charge in [0.15, 0.2) is 0 Å². The number of carboxylic acid groups (broad SMARTS) is 1. The number of methoxy groups -OCH3 is 1. The van der Waals surface area contributed by atoms with E-state index in [1.165, 1.54) is 14.0 Å². The summed E-state index contributed by atoms with van der Waals surface area (Å²) in [5, 5.41) is 8.85. The Labute approximate surface area is 96.3 Å². The Morgan fingerprint density at radius 1 is 1.38 bits per heavy atom. The third kappa shape index (κ3) is 4.96. The van der Waals surface area contributed by atoms with Gasteiger partial charge >= 0.3 is 11.9 Å². The summed E-state index contributed by atoms with van der Waals surface area (Å²) >= 11 is 0.